The smallest absolute Gasteiger partial charge is 0.319 e. The minimum Gasteiger partial charge on any atom is -0.319 e. The summed E-state index contributed by atoms with van der Waals surface area (Å²) in [5, 5.41) is 0. The van der Waals surface area contributed by atoms with Crippen molar-refractivity contribution in [3.63, 3.8) is 0 Å². The fourth-order valence-electron chi connectivity index (χ4n) is 1.11. The number of hydrogen-bond donors (Lipinski definition) is 1. The molecule has 0 radical (unpaired) electrons. The van der Waals surface area contributed by atoms with Gasteiger partial charge in [0.05, 0.1) is 6.61 Å². The zero-order chi connectivity index (χ0) is 13.5. The summed E-state index contributed by atoms with van der Waals surface area (Å²) in [4.78, 5) is 17.9. The third kappa shape index (κ3) is 6.37. The molecule has 4 nitrogen and oxygen atoms in total. The lowest BCUT2D eigenvalue weighted by molar-refractivity contribution is 0.284. The molecular weight excluding hydrogens is 239 g/mol. The first-order chi connectivity index (χ1) is 7.84. The van der Waals surface area contributed by atoms with Gasteiger partial charge >= 0.3 is 7.60 Å². The molecule has 5 heteroatoms. The minimum atomic E-state index is -3.85. The molecule has 0 aliphatic rings. The summed E-state index contributed by atoms with van der Waals surface area (Å²) in [5.41, 5.74) is 4.18. The van der Waals surface area contributed by atoms with Crippen LogP contribution in [0.25, 0.3) is 0 Å². The molecule has 0 bridgehead atoms. The number of hydrogen-bond acceptors (Lipinski definition) is 3. The molecule has 1 aromatic carbocycles. The number of aryl methyl sites for hydroxylation is 2. The highest BCUT2D eigenvalue weighted by atomic mass is 31.2. The summed E-state index contributed by atoms with van der Waals surface area (Å²) >= 11 is 0. The summed E-state index contributed by atoms with van der Waals surface area (Å²) < 4.78 is 14.3. The van der Waals surface area contributed by atoms with Crippen molar-refractivity contribution in [3.8, 4) is 0 Å². The first-order valence-corrected chi connectivity index (χ1v) is 6.95. The first-order valence-electron chi connectivity index (χ1n) is 5.30. The minimum absolute atomic E-state index is 0.0759. The van der Waals surface area contributed by atoms with Gasteiger partial charge in [0.15, 0.2) is 0 Å². The van der Waals surface area contributed by atoms with Gasteiger partial charge in [0.25, 0.3) is 0 Å². The molecule has 0 aliphatic carbocycles. The topological polar surface area (TPSA) is 63.6 Å². The van der Waals surface area contributed by atoms with Crippen molar-refractivity contribution in [2.75, 3.05) is 6.61 Å². The average molecular weight is 258 g/mol. The van der Waals surface area contributed by atoms with Gasteiger partial charge < -0.3 is 9.42 Å². The van der Waals surface area contributed by atoms with Crippen molar-refractivity contribution in [2.45, 2.75) is 27.7 Å². The van der Waals surface area contributed by atoms with Gasteiger partial charge in [0.1, 0.15) is 0 Å². The summed E-state index contributed by atoms with van der Waals surface area (Å²) in [6.07, 6.45) is 0. The number of benzene rings is 1. The second-order valence-electron chi connectivity index (χ2n) is 3.60. The van der Waals surface area contributed by atoms with Gasteiger partial charge in [-0.2, -0.15) is 0 Å². The van der Waals surface area contributed by atoms with Crippen LogP contribution >= 0.6 is 7.60 Å². The van der Waals surface area contributed by atoms with Gasteiger partial charge in [-0.25, -0.2) is 0 Å². The maximum Gasteiger partial charge on any atom is 0.390 e. The predicted molar refractivity (Wildman–Crippen MR) is 68.9 cm³/mol. The Morgan fingerprint density at radius 2 is 1.76 bits per heavy atom. The molecule has 0 aliphatic heterocycles. The van der Waals surface area contributed by atoms with E-state index in [9.17, 15) is 9.36 Å². The van der Waals surface area contributed by atoms with Crippen LogP contribution < -0.4 is 0 Å². The van der Waals surface area contributed by atoms with Crippen LogP contribution in [0.2, 0.25) is 0 Å². The van der Waals surface area contributed by atoms with Crippen molar-refractivity contribution in [2.24, 2.45) is 0 Å². The van der Waals surface area contributed by atoms with E-state index in [0.29, 0.717) is 0 Å². The van der Waals surface area contributed by atoms with Crippen LogP contribution in [0.3, 0.4) is 0 Å². The number of rotatable bonds is 3. The fourth-order valence-corrected chi connectivity index (χ4v) is 1.54. The van der Waals surface area contributed by atoms with E-state index in [1.54, 1.807) is 0 Å². The number of carbonyl (C=O) groups excluding carboxylic acids is 1. The molecule has 96 valence electrons. The van der Waals surface area contributed by atoms with Gasteiger partial charge in [-0.05, 0) is 44.4 Å². The molecule has 0 saturated carbocycles. The Hall–Kier alpha value is -0.960. The summed E-state index contributed by atoms with van der Waals surface area (Å²) in [5.74, 6) is 0. The highest BCUT2D eigenvalue weighted by Gasteiger charge is 2.14. The normalized spacial score (nSPS) is 13.2. The van der Waals surface area contributed by atoms with E-state index in [0.717, 1.165) is 0 Å². The van der Waals surface area contributed by atoms with E-state index in [-0.39, 0.29) is 12.6 Å². The third-order valence-electron chi connectivity index (χ3n) is 2.32. The maximum atomic E-state index is 10.1. The Morgan fingerprint density at radius 1 is 1.29 bits per heavy atom. The molecule has 0 amide bonds. The third-order valence-corrected chi connectivity index (χ3v) is 3.22. The van der Waals surface area contributed by atoms with Crippen molar-refractivity contribution < 1.29 is 18.8 Å². The molecular formula is C12H19O4P. The van der Waals surface area contributed by atoms with E-state index in [1.807, 2.05) is 0 Å². The molecule has 1 aromatic rings. The summed E-state index contributed by atoms with van der Waals surface area (Å²) in [6.45, 7) is 8.05. The largest absolute Gasteiger partial charge is 0.390 e. The van der Waals surface area contributed by atoms with Gasteiger partial charge in [0, 0.05) is 0 Å². The zero-order valence-electron chi connectivity index (χ0n) is 10.6. The molecule has 0 aromatic heterocycles. The highest BCUT2D eigenvalue weighted by molar-refractivity contribution is 7.68. The van der Waals surface area contributed by atoms with E-state index in [2.05, 4.69) is 43.5 Å². The van der Waals surface area contributed by atoms with Crippen LogP contribution in [0, 0.1) is 20.8 Å². The monoisotopic (exact) mass is 258 g/mol. The SMILES string of the molecule is CCOP(=O)(O)C=O.Cc1cccc(C)c1C. The molecule has 0 saturated heterocycles. The van der Waals surface area contributed by atoms with E-state index >= 15 is 0 Å². The summed E-state index contributed by atoms with van der Waals surface area (Å²) in [6, 6.07) is 6.29. The quantitative estimate of drug-likeness (QED) is 0.668. The zero-order valence-corrected chi connectivity index (χ0v) is 11.5. The van der Waals surface area contributed by atoms with E-state index in [4.69, 9.17) is 4.89 Å². The average Bonchev–Trinajstić information content (AvgIpc) is 2.27. The lowest BCUT2D eigenvalue weighted by Gasteiger charge is -2.00. The molecule has 0 spiro atoms. The Morgan fingerprint density at radius 3 is 2.00 bits per heavy atom. The molecule has 1 atom stereocenters. The van der Waals surface area contributed by atoms with Crippen LogP contribution in [0.1, 0.15) is 23.6 Å². The Bertz CT molecular complexity index is 395. The molecule has 1 unspecified atom stereocenters. The number of carbonyl (C=O) groups is 1. The molecule has 17 heavy (non-hydrogen) atoms. The second-order valence-corrected chi connectivity index (χ2v) is 5.20. The highest BCUT2D eigenvalue weighted by Crippen LogP contribution is 2.36. The maximum absolute atomic E-state index is 10.1. The standard InChI is InChI=1S/C9H12.C3H7O4P/c1-7-5-4-6-8(2)9(7)3;1-2-7-8(5,6)3-4/h4-6H,1-3H3;3H,2H2,1H3,(H,5,6). The van der Waals surface area contributed by atoms with Crippen LogP contribution in [-0.4, -0.2) is 17.5 Å². The molecule has 0 heterocycles. The van der Waals surface area contributed by atoms with E-state index < -0.39 is 7.60 Å². The van der Waals surface area contributed by atoms with Gasteiger partial charge in [-0.15, -0.1) is 0 Å². The van der Waals surface area contributed by atoms with Crippen molar-refractivity contribution in [1.29, 1.82) is 0 Å². The lowest BCUT2D eigenvalue weighted by Crippen LogP contribution is -1.87. The van der Waals surface area contributed by atoms with Crippen molar-refractivity contribution >= 4 is 13.6 Å². The first kappa shape index (κ1) is 16.0. The Labute approximate surface area is 102 Å². The second kappa shape index (κ2) is 7.38. The van der Waals surface area contributed by atoms with Crippen LogP contribution in [0.15, 0.2) is 18.2 Å². The van der Waals surface area contributed by atoms with Crippen LogP contribution in [0.5, 0.6) is 0 Å². The lowest BCUT2D eigenvalue weighted by atomic mass is 10.1. The van der Waals surface area contributed by atoms with Gasteiger partial charge in [0.2, 0.25) is 6.03 Å². The molecule has 1 rings (SSSR count). The van der Waals surface area contributed by atoms with Crippen molar-refractivity contribution in [1.82, 2.24) is 0 Å². The van der Waals surface area contributed by atoms with E-state index in [1.165, 1.54) is 23.6 Å². The Kier molecular flexibility index (Phi) is 6.97. The van der Waals surface area contributed by atoms with Crippen LogP contribution in [-0.2, 0) is 13.9 Å². The predicted octanol–water partition coefficient (Wildman–Crippen LogP) is 3.01. The van der Waals surface area contributed by atoms with Crippen LogP contribution in [0.4, 0.5) is 0 Å². The van der Waals surface area contributed by atoms with Gasteiger partial charge in [-0.3, -0.25) is 9.36 Å². The molecule has 1 N–H and O–H groups in total. The molecule has 0 fully saturated rings. The van der Waals surface area contributed by atoms with Crippen molar-refractivity contribution in [3.05, 3.63) is 34.9 Å². The Balaban J connectivity index is 0.000000304. The summed E-state index contributed by atoms with van der Waals surface area (Å²) in [7, 11) is -3.85. The fraction of sp³-hybridized carbons (Fsp3) is 0.417. The van der Waals surface area contributed by atoms with Gasteiger partial charge in [-0.1, -0.05) is 18.2 Å².